The maximum absolute atomic E-state index is 10.7. The molecule has 0 radical (unpaired) electrons. The number of rotatable bonds is 3. The Morgan fingerprint density at radius 2 is 2.21 bits per heavy atom. The van der Waals surface area contributed by atoms with Gasteiger partial charge in [-0.25, -0.2) is 4.79 Å². The van der Waals surface area contributed by atoms with E-state index >= 15 is 0 Å². The van der Waals surface area contributed by atoms with Gasteiger partial charge in [-0.1, -0.05) is 11.6 Å². The van der Waals surface area contributed by atoms with Crippen LogP contribution >= 0.6 is 38.9 Å². The van der Waals surface area contributed by atoms with Gasteiger partial charge < -0.3 is 5.11 Å². The molecular formula is C8H4BrClO3S. The summed E-state index contributed by atoms with van der Waals surface area (Å²) in [5.41, 5.74) is 0. The molecule has 0 aromatic carbocycles. The number of carbonyl (C=O) groups is 2. The molecule has 0 aliphatic carbocycles. The molecule has 0 atom stereocenters. The molecule has 0 saturated heterocycles. The molecule has 14 heavy (non-hydrogen) atoms. The van der Waals surface area contributed by atoms with Gasteiger partial charge in [0.1, 0.15) is 4.34 Å². The van der Waals surface area contributed by atoms with Crippen LogP contribution in [0.3, 0.4) is 0 Å². The van der Waals surface area contributed by atoms with Crippen LogP contribution in [0.5, 0.6) is 0 Å². The minimum absolute atomic E-state index is 0.562. The zero-order chi connectivity index (χ0) is 10.7. The normalized spacial score (nSPS) is 10.7. The molecule has 1 aromatic rings. The first kappa shape index (κ1) is 11.4. The highest BCUT2D eigenvalue weighted by atomic mass is 79.9. The molecule has 0 bridgehead atoms. The summed E-state index contributed by atoms with van der Waals surface area (Å²) in [5, 5.41) is 8.29. The zero-order valence-electron chi connectivity index (χ0n) is 6.66. The van der Waals surface area contributed by atoms with Gasteiger partial charge in [-0.05, 0) is 34.1 Å². The summed E-state index contributed by atoms with van der Waals surface area (Å²) < 4.78 is 1.29. The first-order valence-corrected chi connectivity index (χ1v) is 5.39. The van der Waals surface area contributed by atoms with E-state index in [0.29, 0.717) is 4.34 Å². The molecular weight excluding hydrogens is 292 g/mol. The van der Waals surface area contributed by atoms with Gasteiger partial charge in [-0.3, -0.25) is 4.79 Å². The quantitative estimate of drug-likeness (QED) is 0.689. The molecule has 0 saturated carbocycles. The second kappa shape index (κ2) is 4.72. The molecule has 0 unspecified atom stereocenters. The Hall–Kier alpha value is -0.650. The van der Waals surface area contributed by atoms with Crippen LogP contribution in [-0.4, -0.2) is 16.9 Å². The Labute approximate surface area is 97.1 Å². The van der Waals surface area contributed by atoms with Crippen LogP contribution in [0.2, 0.25) is 4.34 Å². The highest BCUT2D eigenvalue weighted by Crippen LogP contribution is 2.32. The predicted octanol–water partition coefficient (Wildman–Crippen LogP) is 2.83. The highest BCUT2D eigenvalue weighted by Gasteiger charge is 2.07. The van der Waals surface area contributed by atoms with Crippen molar-refractivity contribution in [1.82, 2.24) is 0 Å². The molecule has 0 aliphatic rings. The van der Waals surface area contributed by atoms with Crippen molar-refractivity contribution in [2.75, 3.05) is 0 Å². The molecule has 0 aliphatic heterocycles. The minimum atomic E-state index is -1.47. The largest absolute Gasteiger partial charge is 0.475 e. The third-order valence-electron chi connectivity index (χ3n) is 1.27. The predicted molar refractivity (Wildman–Crippen MR) is 58.7 cm³/mol. The Bertz CT molecular complexity index is 391. The zero-order valence-corrected chi connectivity index (χ0v) is 9.82. The van der Waals surface area contributed by atoms with Crippen molar-refractivity contribution in [2.24, 2.45) is 0 Å². The average molecular weight is 296 g/mol. The lowest BCUT2D eigenvalue weighted by molar-refractivity contribution is -0.146. The fourth-order valence-corrected chi connectivity index (χ4v) is 2.31. The lowest BCUT2D eigenvalue weighted by Gasteiger charge is -1.83. The third kappa shape index (κ3) is 2.94. The van der Waals surface area contributed by atoms with Gasteiger partial charge in [0.05, 0.1) is 0 Å². The van der Waals surface area contributed by atoms with Crippen LogP contribution in [0.4, 0.5) is 0 Å². The number of carbonyl (C=O) groups excluding carboxylic acids is 1. The standard InChI is InChI=1S/C8H4BrClO3S/c9-5-3-4(14-7(5)10)1-2-6(11)8(12)13/h1-3H,(H,12,13)/b2-1+. The van der Waals surface area contributed by atoms with Crippen molar-refractivity contribution >= 4 is 56.7 Å². The van der Waals surface area contributed by atoms with E-state index in [4.69, 9.17) is 16.7 Å². The summed E-state index contributed by atoms with van der Waals surface area (Å²) in [6.07, 6.45) is 2.41. The molecule has 3 nitrogen and oxygen atoms in total. The summed E-state index contributed by atoms with van der Waals surface area (Å²) in [7, 11) is 0. The molecule has 0 amide bonds. The molecule has 1 N–H and O–H groups in total. The number of halogens is 2. The number of thiophene rings is 1. The van der Waals surface area contributed by atoms with Crippen LogP contribution in [0.1, 0.15) is 4.88 Å². The highest BCUT2D eigenvalue weighted by molar-refractivity contribution is 9.10. The van der Waals surface area contributed by atoms with Gasteiger partial charge in [-0.15, -0.1) is 11.3 Å². The van der Waals surface area contributed by atoms with E-state index in [1.807, 2.05) is 0 Å². The van der Waals surface area contributed by atoms with Crippen molar-refractivity contribution in [3.8, 4) is 0 Å². The first-order valence-electron chi connectivity index (χ1n) is 3.41. The SMILES string of the molecule is O=C(O)C(=O)/C=C/c1cc(Br)c(Cl)s1. The lowest BCUT2D eigenvalue weighted by Crippen LogP contribution is -2.08. The second-order valence-electron chi connectivity index (χ2n) is 2.27. The van der Waals surface area contributed by atoms with Gasteiger partial charge in [0.25, 0.3) is 5.78 Å². The van der Waals surface area contributed by atoms with Crippen LogP contribution < -0.4 is 0 Å². The van der Waals surface area contributed by atoms with Crippen molar-refractivity contribution in [1.29, 1.82) is 0 Å². The molecule has 6 heteroatoms. The minimum Gasteiger partial charge on any atom is -0.475 e. The van der Waals surface area contributed by atoms with E-state index < -0.39 is 11.8 Å². The van der Waals surface area contributed by atoms with E-state index in [1.54, 1.807) is 6.07 Å². The Morgan fingerprint density at radius 1 is 1.57 bits per heavy atom. The molecule has 0 spiro atoms. The smallest absolute Gasteiger partial charge is 0.376 e. The van der Waals surface area contributed by atoms with E-state index in [1.165, 1.54) is 17.4 Å². The molecule has 1 heterocycles. The van der Waals surface area contributed by atoms with E-state index in [9.17, 15) is 9.59 Å². The molecule has 74 valence electrons. The Morgan fingerprint density at radius 3 is 2.64 bits per heavy atom. The summed E-state index contributed by atoms with van der Waals surface area (Å²) in [6.45, 7) is 0. The topological polar surface area (TPSA) is 54.4 Å². The first-order chi connectivity index (χ1) is 6.50. The lowest BCUT2D eigenvalue weighted by atomic mass is 10.3. The summed E-state index contributed by atoms with van der Waals surface area (Å²) >= 11 is 10.2. The van der Waals surface area contributed by atoms with Crippen LogP contribution in [0.15, 0.2) is 16.6 Å². The van der Waals surface area contributed by atoms with Crippen LogP contribution in [0, 0.1) is 0 Å². The van der Waals surface area contributed by atoms with Crippen LogP contribution in [0.25, 0.3) is 6.08 Å². The fraction of sp³-hybridized carbons (Fsp3) is 0. The number of hydrogen-bond donors (Lipinski definition) is 1. The molecule has 1 rings (SSSR count). The van der Waals surface area contributed by atoms with Crippen molar-refractivity contribution < 1.29 is 14.7 Å². The van der Waals surface area contributed by atoms with E-state index in [-0.39, 0.29) is 0 Å². The van der Waals surface area contributed by atoms with Gasteiger partial charge in [-0.2, -0.15) is 0 Å². The van der Waals surface area contributed by atoms with Crippen molar-refractivity contribution in [3.05, 3.63) is 25.8 Å². The number of aliphatic carboxylic acids is 1. The number of ketones is 1. The van der Waals surface area contributed by atoms with Gasteiger partial charge in [0, 0.05) is 9.35 Å². The summed E-state index contributed by atoms with van der Waals surface area (Å²) in [6, 6.07) is 1.71. The van der Waals surface area contributed by atoms with Gasteiger partial charge >= 0.3 is 5.97 Å². The number of hydrogen-bond acceptors (Lipinski definition) is 3. The number of carboxylic acids is 1. The van der Waals surface area contributed by atoms with E-state index in [2.05, 4.69) is 15.9 Å². The maximum atomic E-state index is 10.7. The van der Waals surface area contributed by atoms with Gasteiger partial charge in [0.2, 0.25) is 0 Å². The fourth-order valence-electron chi connectivity index (χ4n) is 0.675. The Balaban J connectivity index is 2.79. The monoisotopic (exact) mass is 294 g/mol. The van der Waals surface area contributed by atoms with Crippen LogP contribution in [-0.2, 0) is 9.59 Å². The third-order valence-corrected chi connectivity index (χ3v) is 3.71. The maximum Gasteiger partial charge on any atom is 0.376 e. The second-order valence-corrected chi connectivity index (χ2v) is 4.81. The average Bonchev–Trinajstić information content (AvgIpc) is 2.42. The summed E-state index contributed by atoms with van der Waals surface area (Å²) in [4.78, 5) is 21.6. The van der Waals surface area contributed by atoms with Gasteiger partial charge in [0.15, 0.2) is 0 Å². The summed E-state index contributed by atoms with van der Waals surface area (Å²) in [5.74, 6) is -2.42. The molecule has 1 aromatic heterocycles. The van der Waals surface area contributed by atoms with E-state index in [0.717, 1.165) is 15.4 Å². The molecule has 0 fully saturated rings. The Kier molecular flexibility index (Phi) is 3.86. The van der Waals surface area contributed by atoms with Crippen molar-refractivity contribution in [3.63, 3.8) is 0 Å². The van der Waals surface area contributed by atoms with Crippen molar-refractivity contribution in [2.45, 2.75) is 0 Å². The number of carboxylic acid groups (broad SMARTS) is 1.